The molecule has 0 aromatic carbocycles. The molecule has 78 valence electrons. The van der Waals surface area contributed by atoms with E-state index in [9.17, 15) is 0 Å². The Morgan fingerprint density at radius 1 is 1.23 bits per heavy atom. The molecule has 0 aromatic heterocycles. The fraction of sp³-hybridized carbons (Fsp3) is 1.00. The molecule has 4 nitrogen and oxygen atoms in total. The fourth-order valence-electron chi connectivity index (χ4n) is 1.31. The van der Waals surface area contributed by atoms with E-state index in [4.69, 9.17) is 15.2 Å². The van der Waals surface area contributed by atoms with Crippen molar-refractivity contribution < 1.29 is 9.47 Å². The van der Waals surface area contributed by atoms with Crippen molar-refractivity contribution in [3.8, 4) is 0 Å². The van der Waals surface area contributed by atoms with Crippen LogP contribution in [0.25, 0.3) is 0 Å². The number of morpholine rings is 1. The summed E-state index contributed by atoms with van der Waals surface area (Å²) < 4.78 is 10.7. The summed E-state index contributed by atoms with van der Waals surface area (Å²) in [7, 11) is 0. The normalized spacial score (nSPS) is 19.2. The molecule has 0 atom stereocenters. The lowest BCUT2D eigenvalue weighted by atomic mass is 10.4. The number of rotatable bonds is 6. The van der Waals surface area contributed by atoms with E-state index in [0.717, 1.165) is 59.0 Å². The molecule has 0 radical (unpaired) electrons. The minimum absolute atomic E-state index is 0.720. The van der Waals surface area contributed by atoms with Gasteiger partial charge in [-0.2, -0.15) is 0 Å². The average molecular weight is 188 g/mol. The van der Waals surface area contributed by atoms with E-state index in [0.29, 0.717) is 0 Å². The lowest BCUT2D eigenvalue weighted by Crippen LogP contribution is -2.38. The average Bonchev–Trinajstić information content (AvgIpc) is 2.19. The summed E-state index contributed by atoms with van der Waals surface area (Å²) in [5.41, 5.74) is 5.35. The second kappa shape index (κ2) is 7.26. The molecule has 13 heavy (non-hydrogen) atoms. The molecule has 0 spiro atoms. The van der Waals surface area contributed by atoms with Crippen molar-refractivity contribution in [1.29, 1.82) is 0 Å². The Balaban J connectivity index is 1.86. The predicted molar refractivity (Wildman–Crippen MR) is 51.7 cm³/mol. The second-order valence-electron chi connectivity index (χ2n) is 3.21. The first-order valence-electron chi connectivity index (χ1n) is 5.01. The van der Waals surface area contributed by atoms with Crippen molar-refractivity contribution in [2.75, 3.05) is 52.6 Å². The van der Waals surface area contributed by atoms with Crippen LogP contribution in [0.1, 0.15) is 6.42 Å². The van der Waals surface area contributed by atoms with Gasteiger partial charge in [0.2, 0.25) is 0 Å². The lowest BCUT2D eigenvalue weighted by molar-refractivity contribution is 0.0204. The molecule has 2 N–H and O–H groups in total. The van der Waals surface area contributed by atoms with Crippen molar-refractivity contribution in [3.63, 3.8) is 0 Å². The van der Waals surface area contributed by atoms with Crippen LogP contribution in [0.4, 0.5) is 0 Å². The van der Waals surface area contributed by atoms with Gasteiger partial charge in [0.05, 0.1) is 19.8 Å². The van der Waals surface area contributed by atoms with Gasteiger partial charge in [-0.3, -0.25) is 4.90 Å². The number of nitrogens with two attached hydrogens (primary N) is 1. The highest BCUT2D eigenvalue weighted by molar-refractivity contribution is 4.60. The SMILES string of the molecule is NCCCOCCN1CCOCC1. The Bertz CT molecular complexity index is 116. The van der Waals surface area contributed by atoms with Gasteiger partial charge in [-0.05, 0) is 13.0 Å². The molecular formula is C9H20N2O2. The van der Waals surface area contributed by atoms with Gasteiger partial charge in [0.15, 0.2) is 0 Å². The predicted octanol–water partition coefficient (Wildman–Crippen LogP) is -0.316. The third kappa shape index (κ3) is 5.21. The monoisotopic (exact) mass is 188 g/mol. The topological polar surface area (TPSA) is 47.7 Å². The molecule has 4 heteroatoms. The quantitative estimate of drug-likeness (QED) is 0.581. The van der Waals surface area contributed by atoms with Crippen molar-refractivity contribution >= 4 is 0 Å². The van der Waals surface area contributed by atoms with Crippen LogP contribution in [0.5, 0.6) is 0 Å². The summed E-state index contributed by atoms with van der Waals surface area (Å²) >= 11 is 0. The molecule has 0 aliphatic carbocycles. The van der Waals surface area contributed by atoms with Gasteiger partial charge in [-0.25, -0.2) is 0 Å². The highest BCUT2D eigenvalue weighted by Crippen LogP contribution is 1.95. The third-order valence-corrected chi connectivity index (χ3v) is 2.15. The fourth-order valence-corrected chi connectivity index (χ4v) is 1.31. The molecule has 0 saturated carbocycles. The Kier molecular flexibility index (Phi) is 6.10. The third-order valence-electron chi connectivity index (χ3n) is 2.15. The summed E-state index contributed by atoms with van der Waals surface area (Å²) in [5.74, 6) is 0. The molecule has 0 unspecified atom stereocenters. The minimum Gasteiger partial charge on any atom is -0.380 e. The zero-order valence-corrected chi connectivity index (χ0v) is 8.21. The van der Waals surface area contributed by atoms with Crippen LogP contribution in [0.15, 0.2) is 0 Å². The van der Waals surface area contributed by atoms with Crippen LogP contribution in [0.3, 0.4) is 0 Å². The Morgan fingerprint density at radius 2 is 2.00 bits per heavy atom. The van der Waals surface area contributed by atoms with Gasteiger partial charge >= 0.3 is 0 Å². The van der Waals surface area contributed by atoms with Gasteiger partial charge in [-0.1, -0.05) is 0 Å². The van der Waals surface area contributed by atoms with Crippen LogP contribution in [-0.4, -0.2) is 57.5 Å². The molecule has 1 saturated heterocycles. The van der Waals surface area contributed by atoms with Crippen LogP contribution in [0, 0.1) is 0 Å². The molecule has 1 fully saturated rings. The molecule has 0 amide bonds. The number of hydrogen-bond donors (Lipinski definition) is 1. The van der Waals surface area contributed by atoms with Crippen LogP contribution in [-0.2, 0) is 9.47 Å². The van der Waals surface area contributed by atoms with E-state index in [1.165, 1.54) is 0 Å². The maximum absolute atomic E-state index is 5.41. The molecule has 0 bridgehead atoms. The maximum Gasteiger partial charge on any atom is 0.0594 e. The van der Waals surface area contributed by atoms with E-state index in [-0.39, 0.29) is 0 Å². The van der Waals surface area contributed by atoms with Crippen LogP contribution < -0.4 is 5.73 Å². The zero-order valence-electron chi connectivity index (χ0n) is 8.21. The van der Waals surface area contributed by atoms with Gasteiger partial charge in [0.25, 0.3) is 0 Å². The van der Waals surface area contributed by atoms with E-state index in [2.05, 4.69) is 4.90 Å². The summed E-state index contributed by atoms with van der Waals surface area (Å²) in [6, 6.07) is 0. The van der Waals surface area contributed by atoms with Crippen molar-refractivity contribution in [2.24, 2.45) is 5.73 Å². The van der Waals surface area contributed by atoms with Gasteiger partial charge < -0.3 is 15.2 Å². The van der Waals surface area contributed by atoms with E-state index in [1.54, 1.807) is 0 Å². The van der Waals surface area contributed by atoms with Crippen molar-refractivity contribution in [2.45, 2.75) is 6.42 Å². The largest absolute Gasteiger partial charge is 0.380 e. The Morgan fingerprint density at radius 3 is 2.69 bits per heavy atom. The van der Waals surface area contributed by atoms with E-state index in [1.807, 2.05) is 0 Å². The first-order chi connectivity index (χ1) is 6.43. The molecule has 0 aromatic rings. The molecule has 1 aliphatic rings. The molecule has 1 aliphatic heterocycles. The standard InChI is InChI=1S/C9H20N2O2/c10-2-1-6-12-7-3-11-4-8-13-9-5-11/h1-10H2. The summed E-state index contributed by atoms with van der Waals surface area (Å²) in [5, 5.41) is 0. The molecular weight excluding hydrogens is 168 g/mol. The second-order valence-corrected chi connectivity index (χ2v) is 3.21. The van der Waals surface area contributed by atoms with Gasteiger partial charge in [0.1, 0.15) is 0 Å². The van der Waals surface area contributed by atoms with Crippen molar-refractivity contribution in [3.05, 3.63) is 0 Å². The Hall–Kier alpha value is -0.160. The van der Waals surface area contributed by atoms with Gasteiger partial charge in [0, 0.05) is 26.2 Å². The van der Waals surface area contributed by atoms with Crippen LogP contribution in [0.2, 0.25) is 0 Å². The Labute approximate surface area is 80.0 Å². The molecule has 1 rings (SSSR count). The zero-order chi connectivity index (χ0) is 9.36. The van der Waals surface area contributed by atoms with E-state index < -0.39 is 0 Å². The van der Waals surface area contributed by atoms with Crippen molar-refractivity contribution in [1.82, 2.24) is 4.90 Å². The summed E-state index contributed by atoms with van der Waals surface area (Å²) in [6.45, 7) is 7.17. The first kappa shape index (κ1) is 10.9. The number of ether oxygens (including phenoxy) is 2. The summed E-state index contributed by atoms with van der Waals surface area (Å²) in [4.78, 5) is 2.37. The van der Waals surface area contributed by atoms with Gasteiger partial charge in [-0.15, -0.1) is 0 Å². The highest BCUT2D eigenvalue weighted by atomic mass is 16.5. The first-order valence-corrected chi connectivity index (χ1v) is 5.01. The minimum atomic E-state index is 0.720. The highest BCUT2D eigenvalue weighted by Gasteiger charge is 2.08. The maximum atomic E-state index is 5.41. The smallest absolute Gasteiger partial charge is 0.0594 e. The van der Waals surface area contributed by atoms with Crippen LogP contribution >= 0.6 is 0 Å². The summed E-state index contributed by atoms with van der Waals surface area (Å²) in [6.07, 6.45) is 0.961. The lowest BCUT2D eigenvalue weighted by Gasteiger charge is -2.26. The number of hydrogen-bond acceptors (Lipinski definition) is 4. The molecule has 1 heterocycles. The number of nitrogens with zero attached hydrogens (tertiary/aromatic N) is 1. The van der Waals surface area contributed by atoms with E-state index >= 15 is 0 Å².